The molecule has 0 atom stereocenters. The van der Waals surface area contributed by atoms with Gasteiger partial charge >= 0.3 is 0 Å². The molecule has 0 aromatic heterocycles. The molecule has 2 aliphatic heterocycles. The summed E-state index contributed by atoms with van der Waals surface area (Å²) in [6.45, 7) is 11.4. The number of benzene rings is 2. The molecule has 26 heavy (non-hydrogen) atoms. The van der Waals surface area contributed by atoms with Gasteiger partial charge in [0, 0.05) is 18.7 Å². The maximum atomic E-state index is 14.9. The highest BCUT2D eigenvalue weighted by Crippen LogP contribution is 2.43. The smallest absolute Gasteiger partial charge is 0.165 e. The first-order valence-electron chi connectivity index (χ1n) is 9.71. The Kier molecular flexibility index (Phi) is 4.31. The molecule has 0 bridgehead atoms. The lowest BCUT2D eigenvalue weighted by Gasteiger charge is -2.25. The maximum absolute atomic E-state index is 14.9. The predicted molar refractivity (Wildman–Crippen MR) is 104 cm³/mol. The molecule has 2 heterocycles. The second kappa shape index (κ2) is 6.38. The van der Waals surface area contributed by atoms with Crippen molar-refractivity contribution in [1.82, 2.24) is 4.90 Å². The first-order valence-corrected chi connectivity index (χ1v) is 9.71. The summed E-state index contributed by atoms with van der Waals surface area (Å²) < 4.78 is 20.5. The van der Waals surface area contributed by atoms with Gasteiger partial charge in [0.15, 0.2) is 11.6 Å². The van der Waals surface area contributed by atoms with Crippen molar-refractivity contribution < 1.29 is 9.13 Å². The van der Waals surface area contributed by atoms with Gasteiger partial charge in [-0.3, -0.25) is 4.90 Å². The van der Waals surface area contributed by atoms with Gasteiger partial charge in [-0.2, -0.15) is 0 Å². The lowest BCUT2D eigenvalue weighted by atomic mass is 9.82. The van der Waals surface area contributed by atoms with E-state index in [2.05, 4.69) is 39.6 Å². The van der Waals surface area contributed by atoms with E-state index in [1.165, 1.54) is 38.9 Å². The summed E-state index contributed by atoms with van der Waals surface area (Å²) in [6.07, 6.45) is 2.83. The van der Waals surface area contributed by atoms with Crippen LogP contribution in [-0.4, -0.2) is 18.6 Å². The molecule has 0 saturated heterocycles. The van der Waals surface area contributed by atoms with Crippen LogP contribution >= 0.6 is 0 Å². The van der Waals surface area contributed by atoms with Gasteiger partial charge in [-0.05, 0) is 97.7 Å². The van der Waals surface area contributed by atoms with Crippen LogP contribution in [0.3, 0.4) is 0 Å². The van der Waals surface area contributed by atoms with E-state index >= 15 is 0 Å². The average Bonchev–Trinajstić information content (AvgIpc) is 3.03. The van der Waals surface area contributed by atoms with Crippen LogP contribution in [0, 0.1) is 26.6 Å². The summed E-state index contributed by atoms with van der Waals surface area (Å²) in [7, 11) is 2.17. The highest BCUT2D eigenvalue weighted by atomic mass is 19.1. The van der Waals surface area contributed by atoms with Crippen LogP contribution in [0.2, 0.25) is 0 Å². The molecule has 4 rings (SSSR count). The number of ether oxygens (including phenoxy) is 1. The fourth-order valence-electron chi connectivity index (χ4n) is 4.95. The molecule has 2 aliphatic rings. The molecule has 2 aromatic rings. The van der Waals surface area contributed by atoms with Crippen LogP contribution in [-0.2, 0) is 25.9 Å². The summed E-state index contributed by atoms with van der Waals surface area (Å²) in [5.41, 5.74) is 11.6. The topological polar surface area (TPSA) is 12.5 Å². The van der Waals surface area contributed by atoms with Crippen molar-refractivity contribution in [2.75, 3.05) is 13.7 Å². The Morgan fingerprint density at radius 1 is 1.04 bits per heavy atom. The van der Waals surface area contributed by atoms with E-state index < -0.39 is 0 Å². The molecule has 0 saturated carbocycles. The number of hydrogen-bond donors (Lipinski definition) is 0. The molecule has 2 nitrogen and oxygen atoms in total. The molecule has 0 amide bonds. The molecule has 0 aliphatic carbocycles. The average molecular weight is 353 g/mol. The van der Waals surface area contributed by atoms with Crippen LogP contribution in [0.4, 0.5) is 4.39 Å². The Morgan fingerprint density at radius 2 is 1.73 bits per heavy atom. The molecular formula is C23H28FNO. The number of fused-ring (bicyclic) bond motifs is 2. The summed E-state index contributed by atoms with van der Waals surface area (Å²) in [5.74, 6) is 0.267. The van der Waals surface area contributed by atoms with Crippen molar-refractivity contribution in [3.05, 3.63) is 50.8 Å². The highest BCUT2D eigenvalue weighted by molar-refractivity contribution is 5.79. The monoisotopic (exact) mass is 353 g/mol. The second-order valence-corrected chi connectivity index (χ2v) is 7.88. The highest BCUT2D eigenvalue weighted by Gasteiger charge is 2.28. The van der Waals surface area contributed by atoms with Crippen LogP contribution in [0.5, 0.6) is 5.75 Å². The zero-order chi connectivity index (χ0) is 18.6. The Morgan fingerprint density at radius 3 is 2.42 bits per heavy atom. The minimum atomic E-state index is -0.211. The molecule has 0 spiro atoms. The number of hydrogen-bond acceptors (Lipinski definition) is 2. The summed E-state index contributed by atoms with van der Waals surface area (Å²) >= 11 is 0. The first kappa shape index (κ1) is 17.5. The third kappa shape index (κ3) is 2.48. The van der Waals surface area contributed by atoms with Gasteiger partial charge < -0.3 is 4.74 Å². The Bertz CT molecular complexity index is 900. The molecule has 138 valence electrons. The van der Waals surface area contributed by atoms with Crippen LogP contribution < -0.4 is 4.74 Å². The molecular weight excluding hydrogens is 325 g/mol. The minimum absolute atomic E-state index is 0.211. The third-order valence-electron chi connectivity index (χ3n) is 6.31. The van der Waals surface area contributed by atoms with Crippen molar-refractivity contribution in [1.29, 1.82) is 0 Å². The molecule has 3 heteroatoms. The van der Waals surface area contributed by atoms with E-state index in [4.69, 9.17) is 4.74 Å². The lowest BCUT2D eigenvalue weighted by Crippen LogP contribution is -2.13. The van der Waals surface area contributed by atoms with E-state index in [1.807, 2.05) is 0 Å². The third-order valence-corrected chi connectivity index (χ3v) is 6.31. The second-order valence-electron chi connectivity index (χ2n) is 7.88. The van der Waals surface area contributed by atoms with Gasteiger partial charge in [0.05, 0.1) is 6.61 Å². The van der Waals surface area contributed by atoms with Gasteiger partial charge in [0.25, 0.3) is 0 Å². The first-order chi connectivity index (χ1) is 12.4. The molecule has 0 fully saturated rings. The summed E-state index contributed by atoms with van der Waals surface area (Å²) in [4.78, 5) is 2.36. The maximum Gasteiger partial charge on any atom is 0.165 e. The fourth-order valence-corrected chi connectivity index (χ4v) is 4.95. The van der Waals surface area contributed by atoms with E-state index in [9.17, 15) is 4.39 Å². The van der Waals surface area contributed by atoms with E-state index in [1.54, 1.807) is 6.07 Å². The normalized spacial score (nSPS) is 16.4. The van der Waals surface area contributed by atoms with E-state index in [0.29, 0.717) is 12.4 Å². The Labute approximate surface area is 156 Å². The van der Waals surface area contributed by atoms with Gasteiger partial charge in [-0.15, -0.1) is 0 Å². The van der Waals surface area contributed by atoms with Crippen LogP contribution in [0.25, 0.3) is 11.1 Å². The van der Waals surface area contributed by atoms with Crippen molar-refractivity contribution in [2.45, 2.75) is 60.0 Å². The summed E-state index contributed by atoms with van der Waals surface area (Å²) in [6, 6.07) is 1.71. The molecule has 0 unspecified atom stereocenters. The number of halogens is 1. The Balaban J connectivity index is 2.02. The van der Waals surface area contributed by atoms with Crippen LogP contribution in [0.1, 0.15) is 52.3 Å². The van der Waals surface area contributed by atoms with E-state index in [0.717, 1.165) is 43.5 Å². The lowest BCUT2D eigenvalue weighted by molar-refractivity contribution is 0.273. The summed E-state index contributed by atoms with van der Waals surface area (Å²) in [5, 5.41) is 0. The SMILES string of the molecule is CCc1c(C)c2c(c(C)c1-c1cc(F)c3c(c1C)CCCO3)CN(C)C2. The standard InChI is InChI=1S/C23H28FNO/c1-6-16-13(2)19-11-25(5)12-20(19)15(4)22(16)18-10-21(24)23-17(14(18)3)8-7-9-26-23/h10H,6-9,11-12H2,1-5H3. The van der Waals surface area contributed by atoms with Crippen molar-refractivity contribution in [2.24, 2.45) is 0 Å². The quantitative estimate of drug-likeness (QED) is 0.731. The van der Waals surface area contributed by atoms with Gasteiger partial charge in [-0.1, -0.05) is 6.92 Å². The molecule has 0 N–H and O–H groups in total. The van der Waals surface area contributed by atoms with Crippen molar-refractivity contribution in [3.8, 4) is 16.9 Å². The number of rotatable bonds is 2. The van der Waals surface area contributed by atoms with Gasteiger partial charge in [0.1, 0.15) is 0 Å². The largest absolute Gasteiger partial charge is 0.490 e. The zero-order valence-electron chi connectivity index (χ0n) is 16.6. The molecule has 2 aromatic carbocycles. The Hall–Kier alpha value is -1.87. The zero-order valence-corrected chi connectivity index (χ0v) is 16.6. The number of nitrogens with zero attached hydrogens (tertiary/aromatic N) is 1. The van der Waals surface area contributed by atoms with Gasteiger partial charge in [0.2, 0.25) is 0 Å². The molecule has 0 radical (unpaired) electrons. The van der Waals surface area contributed by atoms with Crippen molar-refractivity contribution >= 4 is 0 Å². The van der Waals surface area contributed by atoms with Gasteiger partial charge in [-0.25, -0.2) is 4.39 Å². The predicted octanol–water partition coefficient (Wildman–Crippen LogP) is 5.25. The minimum Gasteiger partial charge on any atom is -0.490 e. The van der Waals surface area contributed by atoms with Crippen LogP contribution in [0.15, 0.2) is 6.07 Å². The van der Waals surface area contributed by atoms with Crippen molar-refractivity contribution in [3.63, 3.8) is 0 Å². The van der Waals surface area contributed by atoms with E-state index in [-0.39, 0.29) is 5.82 Å². The fraction of sp³-hybridized carbons (Fsp3) is 0.478.